The minimum absolute atomic E-state index is 0.102. The van der Waals surface area contributed by atoms with Crippen molar-refractivity contribution < 1.29 is 18.0 Å². The van der Waals surface area contributed by atoms with Crippen LogP contribution < -0.4 is 5.73 Å². The van der Waals surface area contributed by atoms with Crippen molar-refractivity contribution in [2.45, 2.75) is 26.1 Å². The van der Waals surface area contributed by atoms with E-state index in [0.29, 0.717) is 0 Å². The van der Waals surface area contributed by atoms with Crippen LogP contribution in [0.15, 0.2) is 46.6 Å². The van der Waals surface area contributed by atoms with Gasteiger partial charge in [-0.1, -0.05) is 11.6 Å². The van der Waals surface area contributed by atoms with Crippen LogP contribution in [0.4, 0.5) is 19.1 Å². The highest BCUT2D eigenvalue weighted by atomic mass is 35.5. The molecule has 0 fully saturated rings. The largest absolute Gasteiger partial charge is 0.416 e. The Labute approximate surface area is 170 Å². The monoisotopic (exact) mass is 426 g/mol. The van der Waals surface area contributed by atoms with Gasteiger partial charge in [-0.15, -0.1) is 0 Å². The van der Waals surface area contributed by atoms with E-state index in [2.05, 4.69) is 20.0 Å². The van der Waals surface area contributed by atoms with Gasteiger partial charge in [0.1, 0.15) is 0 Å². The number of halogens is 4. The van der Waals surface area contributed by atoms with Crippen molar-refractivity contribution in [3.05, 3.63) is 52.8 Å². The van der Waals surface area contributed by atoms with Gasteiger partial charge in [-0.2, -0.15) is 18.2 Å². The minimum atomic E-state index is -4.64. The first-order chi connectivity index (χ1) is 13.7. The Hall–Kier alpha value is -3.01. The van der Waals surface area contributed by atoms with Crippen molar-refractivity contribution in [3.8, 4) is 0 Å². The number of amidine groups is 1. The number of nitrogens with two attached hydrogens (primary N) is 1. The molecule has 29 heavy (non-hydrogen) atoms. The van der Waals surface area contributed by atoms with E-state index < -0.39 is 23.7 Å². The fourth-order valence-electron chi connectivity index (χ4n) is 2.53. The summed E-state index contributed by atoms with van der Waals surface area (Å²) in [5, 5.41) is -0.196. The van der Waals surface area contributed by atoms with E-state index in [0.717, 1.165) is 18.5 Å². The molecule has 2 N–H and O–H groups in total. The molecule has 2 rings (SSSR count). The van der Waals surface area contributed by atoms with E-state index in [4.69, 9.17) is 17.3 Å². The van der Waals surface area contributed by atoms with Crippen LogP contribution in [0, 0.1) is 0 Å². The van der Waals surface area contributed by atoms with E-state index in [1.807, 2.05) is 0 Å². The molecule has 0 radical (unpaired) electrons. The fourth-order valence-corrected chi connectivity index (χ4v) is 2.77. The highest BCUT2D eigenvalue weighted by molar-refractivity contribution is 6.31. The van der Waals surface area contributed by atoms with Gasteiger partial charge in [-0.25, -0.2) is 15.0 Å². The van der Waals surface area contributed by atoms with Crippen LogP contribution in [0.25, 0.3) is 0 Å². The molecule has 1 aromatic carbocycles. The summed E-state index contributed by atoms with van der Waals surface area (Å²) in [7, 11) is 0. The maximum Gasteiger partial charge on any atom is 0.416 e. The van der Waals surface area contributed by atoms with Gasteiger partial charge >= 0.3 is 6.18 Å². The van der Waals surface area contributed by atoms with Crippen LogP contribution in [0.2, 0.25) is 5.02 Å². The number of amides is 1. The molecular formula is C18H18ClF3N6O. The number of hydrogen-bond donors (Lipinski definition) is 1. The molecule has 1 atom stereocenters. The summed E-state index contributed by atoms with van der Waals surface area (Å²) in [5.41, 5.74) is 4.16. The molecule has 0 aliphatic carbocycles. The standard InChI is InChI=1S/C18H18ClF3N6O/c1-3-28(11(2)15(26-10-23)27-17-24-5-4-6-25-17)16(29)12-7-13(18(20,21)22)9-14(19)8-12/h4-11H,3H2,1-2H3,(H2,23,24,25,26,27). The maximum atomic E-state index is 13.1. The molecule has 0 aliphatic rings. The van der Waals surface area contributed by atoms with Gasteiger partial charge < -0.3 is 10.6 Å². The third kappa shape index (κ3) is 5.74. The number of carbonyl (C=O) groups excluding carboxylic acids is 1. The summed E-state index contributed by atoms with van der Waals surface area (Å²) in [6, 6.07) is 3.57. The van der Waals surface area contributed by atoms with Gasteiger partial charge in [0.2, 0.25) is 0 Å². The third-order valence-electron chi connectivity index (χ3n) is 3.89. The summed E-state index contributed by atoms with van der Waals surface area (Å²) < 4.78 is 39.2. The molecule has 154 valence electrons. The van der Waals surface area contributed by atoms with E-state index in [1.54, 1.807) is 19.9 Å². The molecule has 1 aromatic heterocycles. The normalized spacial score (nSPS) is 13.5. The molecule has 0 saturated carbocycles. The van der Waals surface area contributed by atoms with Crippen molar-refractivity contribution in [2.75, 3.05) is 6.54 Å². The van der Waals surface area contributed by atoms with Gasteiger partial charge in [0, 0.05) is 29.5 Å². The Balaban J connectivity index is 2.42. The lowest BCUT2D eigenvalue weighted by atomic mass is 10.1. The van der Waals surface area contributed by atoms with Crippen LogP contribution in [0.1, 0.15) is 29.8 Å². The lowest BCUT2D eigenvalue weighted by Crippen LogP contribution is -2.43. The predicted molar refractivity (Wildman–Crippen MR) is 104 cm³/mol. The second-order valence-electron chi connectivity index (χ2n) is 5.79. The zero-order valence-electron chi connectivity index (χ0n) is 15.6. The van der Waals surface area contributed by atoms with Gasteiger partial charge in [-0.05, 0) is 38.1 Å². The van der Waals surface area contributed by atoms with E-state index in [9.17, 15) is 18.0 Å². The van der Waals surface area contributed by atoms with Crippen molar-refractivity contribution >= 4 is 35.6 Å². The Bertz CT molecular complexity index is 918. The number of likely N-dealkylation sites (N-methyl/N-ethyl adjacent to an activating group) is 1. The lowest BCUT2D eigenvalue weighted by molar-refractivity contribution is -0.137. The molecule has 1 heterocycles. The van der Waals surface area contributed by atoms with Crippen molar-refractivity contribution in [3.63, 3.8) is 0 Å². The summed E-state index contributed by atoms with van der Waals surface area (Å²) in [6.07, 6.45) is -0.678. The van der Waals surface area contributed by atoms with E-state index in [-0.39, 0.29) is 28.9 Å². The third-order valence-corrected chi connectivity index (χ3v) is 4.11. The number of nitrogens with zero attached hydrogens (tertiary/aromatic N) is 5. The maximum absolute atomic E-state index is 13.1. The minimum Gasteiger partial charge on any atom is -0.390 e. The highest BCUT2D eigenvalue weighted by Gasteiger charge is 2.33. The first kappa shape index (κ1) is 22.3. The molecule has 0 saturated heterocycles. The molecular weight excluding hydrogens is 409 g/mol. The molecule has 2 aromatic rings. The first-order valence-electron chi connectivity index (χ1n) is 8.46. The van der Waals surface area contributed by atoms with Crippen LogP contribution in [0.5, 0.6) is 0 Å². The number of aromatic nitrogens is 2. The molecule has 0 bridgehead atoms. The Morgan fingerprint density at radius 3 is 2.52 bits per heavy atom. The summed E-state index contributed by atoms with van der Waals surface area (Å²) in [4.78, 5) is 30.3. The topological polar surface area (TPSA) is 96.8 Å². The van der Waals surface area contributed by atoms with Crippen LogP contribution in [-0.2, 0) is 6.18 Å². The molecule has 1 amide bonds. The van der Waals surface area contributed by atoms with Crippen LogP contribution in [0.3, 0.4) is 0 Å². The van der Waals surface area contributed by atoms with Crippen LogP contribution in [-0.4, -0.2) is 45.5 Å². The number of carbonyl (C=O) groups is 1. The smallest absolute Gasteiger partial charge is 0.390 e. The molecule has 0 spiro atoms. The van der Waals surface area contributed by atoms with Gasteiger partial charge in [0.25, 0.3) is 11.9 Å². The van der Waals surface area contributed by atoms with E-state index >= 15 is 0 Å². The van der Waals surface area contributed by atoms with Crippen LogP contribution >= 0.6 is 11.6 Å². The summed E-state index contributed by atoms with van der Waals surface area (Å²) in [5.74, 6) is -0.445. The van der Waals surface area contributed by atoms with Gasteiger partial charge in [0.05, 0.1) is 17.9 Å². The predicted octanol–water partition coefficient (Wildman–Crippen LogP) is 3.72. The zero-order chi connectivity index (χ0) is 21.6. The SMILES string of the molecule is CCN(C(=O)c1cc(Cl)cc(C(F)(F)F)c1)C(C)C(N=CN)=Nc1ncccn1. The number of benzene rings is 1. The summed E-state index contributed by atoms with van der Waals surface area (Å²) in [6.45, 7) is 3.46. The molecule has 11 heteroatoms. The van der Waals surface area contributed by atoms with Gasteiger partial charge in [0.15, 0.2) is 5.84 Å². The Morgan fingerprint density at radius 1 is 1.31 bits per heavy atom. The average Bonchev–Trinajstić information content (AvgIpc) is 2.67. The zero-order valence-corrected chi connectivity index (χ0v) is 16.3. The van der Waals surface area contributed by atoms with Crippen molar-refractivity contribution in [1.29, 1.82) is 0 Å². The lowest BCUT2D eigenvalue weighted by Gasteiger charge is -2.28. The quantitative estimate of drug-likeness (QED) is 0.582. The Kier molecular flexibility index (Phi) is 7.27. The number of aliphatic imine (C=N–C) groups is 2. The molecule has 7 nitrogen and oxygen atoms in total. The first-order valence-corrected chi connectivity index (χ1v) is 8.83. The summed E-state index contributed by atoms with van der Waals surface area (Å²) >= 11 is 5.80. The fraction of sp³-hybridized carbons (Fsp3) is 0.278. The van der Waals surface area contributed by atoms with Crippen molar-refractivity contribution in [1.82, 2.24) is 14.9 Å². The van der Waals surface area contributed by atoms with E-state index in [1.165, 1.54) is 23.4 Å². The number of alkyl halides is 3. The number of hydrogen-bond acceptors (Lipinski definition) is 4. The molecule has 1 unspecified atom stereocenters. The van der Waals surface area contributed by atoms with Gasteiger partial charge in [-0.3, -0.25) is 4.79 Å². The highest BCUT2D eigenvalue weighted by Crippen LogP contribution is 2.32. The average molecular weight is 427 g/mol. The Morgan fingerprint density at radius 2 is 1.97 bits per heavy atom. The molecule has 0 aliphatic heterocycles. The van der Waals surface area contributed by atoms with Crippen molar-refractivity contribution in [2.24, 2.45) is 15.7 Å². The second kappa shape index (κ2) is 9.46. The number of rotatable bonds is 5. The second-order valence-corrected chi connectivity index (χ2v) is 6.23.